The van der Waals surface area contributed by atoms with E-state index in [1.165, 1.54) is 0 Å². The van der Waals surface area contributed by atoms with E-state index in [-0.39, 0.29) is 0 Å². The average molecular weight is 287 g/mol. The third-order valence-corrected chi connectivity index (χ3v) is 3.56. The summed E-state index contributed by atoms with van der Waals surface area (Å²) < 4.78 is 1.89. The first-order chi connectivity index (χ1) is 9.99. The molecule has 0 aliphatic carbocycles. The lowest BCUT2D eigenvalue weighted by atomic mass is 9.96. The molecule has 1 unspecified atom stereocenters. The lowest BCUT2D eigenvalue weighted by Gasteiger charge is -2.18. The summed E-state index contributed by atoms with van der Waals surface area (Å²) in [5.41, 5.74) is 6.79. The topological polar surface area (TPSA) is 81.1 Å². The normalized spacial score (nSPS) is 13.8. The number of unbranched alkanes of at least 4 members (excludes halogenated alkanes) is 1. The first-order valence-corrected chi connectivity index (χ1v) is 7.09. The lowest BCUT2D eigenvalue weighted by molar-refractivity contribution is -0.142. The predicted molar refractivity (Wildman–Crippen MR) is 81.7 cm³/mol. The van der Waals surface area contributed by atoms with Crippen molar-refractivity contribution >= 4 is 5.97 Å². The molecular formula is C16H21N3O2. The molecule has 21 heavy (non-hydrogen) atoms. The Bertz CT molecular complexity index is 591. The van der Waals surface area contributed by atoms with Crippen LogP contribution >= 0.6 is 0 Å². The van der Waals surface area contributed by atoms with Crippen LogP contribution in [-0.4, -0.2) is 26.4 Å². The Morgan fingerprint density at radius 3 is 2.67 bits per heavy atom. The van der Waals surface area contributed by atoms with E-state index in [2.05, 4.69) is 5.10 Å². The molecule has 0 amide bonds. The second-order valence-corrected chi connectivity index (χ2v) is 5.54. The van der Waals surface area contributed by atoms with Crippen LogP contribution in [0, 0.1) is 0 Å². The van der Waals surface area contributed by atoms with Crippen molar-refractivity contribution in [3.05, 3.63) is 42.7 Å². The van der Waals surface area contributed by atoms with Gasteiger partial charge in [0.15, 0.2) is 0 Å². The number of aromatic nitrogens is 2. The largest absolute Gasteiger partial charge is 0.480 e. The van der Waals surface area contributed by atoms with Crippen molar-refractivity contribution in [3.8, 4) is 11.1 Å². The molecular weight excluding hydrogens is 266 g/mol. The second kappa shape index (κ2) is 6.54. The third-order valence-electron chi connectivity index (χ3n) is 3.56. The van der Waals surface area contributed by atoms with E-state index < -0.39 is 11.5 Å². The average Bonchev–Trinajstić information content (AvgIpc) is 2.93. The minimum atomic E-state index is -1.14. The van der Waals surface area contributed by atoms with Crippen molar-refractivity contribution in [2.24, 2.45) is 5.73 Å². The van der Waals surface area contributed by atoms with Gasteiger partial charge in [-0.15, -0.1) is 0 Å². The molecule has 0 saturated heterocycles. The highest BCUT2D eigenvalue weighted by atomic mass is 16.4. The Hall–Kier alpha value is -2.14. The summed E-state index contributed by atoms with van der Waals surface area (Å²) in [6.07, 6.45) is 5.94. The SMILES string of the molecule is CC(N)(CCCCn1cc(-c2ccccc2)cn1)C(=O)O. The summed E-state index contributed by atoms with van der Waals surface area (Å²) in [5.74, 6) is -0.951. The third kappa shape index (κ3) is 4.16. The van der Waals surface area contributed by atoms with Gasteiger partial charge in [-0.25, -0.2) is 0 Å². The monoisotopic (exact) mass is 287 g/mol. The van der Waals surface area contributed by atoms with Gasteiger partial charge in [0.2, 0.25) is 0 Å². The maximum Gasteiger partial charge on any atom is 0.323 e. The number of aliphatic carboxylic acids is 1. The molecule has 3 N–H and O–H groups in total. The van der Waals surface area contributed by atoms with Gasteiger partial charge in [0.1, 0.15) is 5.54 Å². The number of benzene rings is 1. The fourth-order valence-electron chi connectivity index (χ4n) is 2.14. The molecule has 5 heteroatoms. The number of hydrogen-bond donors (Lipinski definition) is 2. The summed E-state index contributed by atoms with van der Waals surface area (Å²) in [6.45, 7) is 2.32. The molecule has 2 aromatic rings. The number of aryl methyl sites for hydroxylation is 1. The van der Waals surface area contributed by atoms with Crippen LogP contribution in [0.4, 0.5) is 0 Å². The summed E-state index contributed by atoms with van der Waals surface area (Å²) in [4.78, 5) is 10.9. The fourth-order valence-corrected chi connectivity index (χ4v) is 2.14. The van der Waals surface area contributed by atoms with E-state index in [0.29, 0.717) is 6.42 Å². The van der Waals surface area contributed by atoms with Crippen molar-refractivity contribution < 1.29 is 9.90 Å². The number of carboxylic acids is 1. The maximum absolute atomic E-state index is 10.9. The van der Waals surface area contributed by atoms with Crippen LogP contribution in [0.15, 0.2) is 42.7 Å². The molecule has 0 spiro atoms. The molecule has 0 saturated carbocycles. The number of nitrogens with two attached hydrogens (primary N) is 1. The zero-order valence-electron chi connectivity index (χ0n) is 12.2. The van der Waals surface area contributed by atoms with Crippen LogP contribution in [0.3, 0.4) is 0 Å². The van der Waals surface area contributed by atoms with Gasteiger partial charge in [0, 0.05) is 18.3 Å². The molecule has 5 nitrogen and oxygen atoms in total. The molecule has 0 radical (unpaired) electrons. The van der Waals surface area contributed by atoms with Crippen molar-refractivity contribution in [2.75, 3.05) is 0 Å². The smallest absolute Gasteiger partial charge is 0.323 e. The molecule has 2 rings (SSSR count). The van der Waals surface area contributed by atoms with E-state index in [9.17, 15) is 4.79 Å². The van der Waals surface area contributed by atoms with Gasteiger partial charge in [0.25, 0.3) is 0 Å². The van der Waals surface area contributed by atoms with E-state index >= 15 is 0 Å². The predicted octanol–water partition coefficient (Wildman–Crippen LogP) is 2.52. The van der Waals surface area contributed by atoms with Crippen molar-refractivity contribution in [2.45, 2.75) is 38.3 Å². The zero-order valence-corrected chi connectivity index (χ0v) is 12.2. The highest BCUT2D eigenvalue weighted by molar-refractivity contribution is 5.77. The number of hydrogen-bond acceptors (Lipinski definition) is 3. The molecule has 0 aliphatic heterocycles. The minimum absolute atomic E-state index is 0.467. The molecule has 0 bridgehead atoms. The van der Waals surface area contributed by atoms with E-state index in [4.69, 9.17) is 10.8 Å². The molecule has 1 aromatic heterocycles. The number of rotatable bonds is 7. The zero-order chi connectivity index (χ0) is 15.3. The first kappa shape index (κ1) is 15.3. The van der Waals surface area contributed by atoms with Crippen molar-refractivity contribution in [3.63, 3.8) is 0 Å². The molecule has 1 atom stereocenters. The van der Waals surface area contributed by atoms with E-state index in [0.717, 1.165) is 30.5 Å². The highest BCUT2D eigenvalue weighted by Crippen LogP contribution is 2.18. The quantitative estimate of drug-likeness (QED) is 0.767. The summed E-state index contributed by atoms with van der Waals surface area (Å²) >= 11 is 0. The van der Waals surface area contributed by atoms with Crippen LogP contribution in [0.5, 0.6) is 0 Å². The molecule has 0 aliphatic rings. The van der Waals surface area contributed by atoms with Gasteiger partial charge in [-0.1, -0.05) is 30.3 Å². The first-order valence-electron chi connectivity index (χ1n) is 7.09. The summed E-state index contributed by atoms with van der Waals surface area (Å²) in [5, 5.41) is 13.3. The summed E-state index contributed by atoms with van der Waals surface area (Å²) in [6, 6.07) is 10.1. The molecule has 112 valence electrons. The number of carbonyl (C=O) groups is 1. The standard InChI is InChI=1S/C16H21N3O2/c1-16(17,15(20)21)9-5-6-10-19-12-14(11-18-19)13-7-3-2-4-8-13/h2-4,7-8,11-12H,5-6,9-10,17H2,1H3,(H,20,21). The van der Waals surface area contributed by atoms with Gasteiger partial charge in [-0.05, 0) is 31.7 Å². The fraction of sp³-hybridized carbons (Fsp3) is 0.375. The van der Waals surface area contributed by atoms with Crippen LogP contribution in [0.1, 0.15) is 26.2 Å². The Labute approximate surface area is 124 Å². The van der Waals surface area contributed by atoms with Crippen molar-refractivity contribution in [1.29, 1.82) is 0 Å². The molecule has 1 heterocycles. The van der Waals surface area contributed by atoms with E-state index in [1.54, 1.807) is 6.92 Å². The van der Waals surface area contributed by atoms with Crippen molar-refractivity contribution in [1.82, 2.24) is 9.78 Å². The minimum Gasteiger partial charge on any atom is -0.480 e. The van der Waals surface area contributed by atoms with Gasteiger partial charge in [-0.2, -0.15) is 5.10 Å². The van der Waals surface area contributed by atoms with Gasteiger partial charge < -0.3 is 10.8 Å². The van der Waals surface area contributed by atoms with Gasteiger partial charge >= 0.3 is 5.97 Å². The lowest BCUT2D eigenvalue weighted by Crippen LogP contribution is -2.44. The highest BCUT2D eigenvalue weighted by Gasteiger charge is 2.26. The number of nitrogens with zero attached hydrogens (tertiary/aromatic N) is 2. The van der Waals surface area contributed by atoms with Crippen LogP contribution in [0.25, 0.3) is 11.1 Å². The molecule has 1 aromatic carbocycles. The summed E-state index contributed by atoms with van der Waals surface area (Å²) in [7, 11) is 0. The Morgan fingerprint density at radius 2 is 2.00 bits per heavy atom. The van der Waals surface area contributed by atoms with Crippen LogP contribution in [0.2, 0.25) is 0 Å². The Balaban J connectivity index is 1.83. The second-order valence-electron chi connectivity index (χ2n) is 5.54. The van der Waals surface area contributed by atoms with Crippen LogP contribution < -0.4 is 5.73 Å². The maximum atomic E-state index is 10.9. The Kier molecular flexibility index (Phi) is 4.75. The van der Waals surface area contributed by atoms with Crippen LogP contribution in [-0.2, 0) is 11.3 Å². The number of carboxylic acid groups (broad SMARTS) is 1. The van der Waals surface area contributed by atoms with Gasteiger partial charge in [0.05, 0.1) is 6.20 Å². The molecule has 0 fully saturated rings. The van der Waals surface area contributed by atoms with Gasteiger partial charge in [-0.3, -0.25) is 9.48 Å². The van der Waals surface area contributed by atoms with E-state index in [1.807, 2.05) is 47.4 Å². The Morgan fingerprint density at radius 1 is 1.29 bits per heavy atom.